The Morgan fingerprint density at radius 1 is 1.25 bits per heavy atom. The van der Waals surface area contributed by atoms with Crippen LogP contribution in [0, 0.1) is 5.92 Å². The predicted octanol–water partition coefficient (Wildman–Crippen LogP) is 2.54. The fraction of sp³-hybridized carbons (Fsp3) is 0.312. The maximum Gasteiger partial charge on any atom is 0.225 e. The van der Waals surface area contributed by atoms with Gasteiger partial charge in [-0.05, 0) is 30.2 Å². The third kappa shape index (κ3) is 3.27. The first kappa shape index (κ1) is 14.3. The highest BCUT2D eigenvalue weighted by atomic mass is 16.5. The van der Waals surface area contributed by atoms with Gasteiger partial charge in [-0.1, -0.05) is 24.3 Å². The van der Waals surface area contributed by atoms with E-state index in [1.807, 2.05) is 30.4 Å². The van der Waals surface area contributed by atoms with Gasteiger partial charge in [0.25, 0.3) is 0 Å². The van der Waals surface area contributed by atoms with E-state index in [0.717, 1.165) is 5.56 Å². The second-order valence-electron chi connectivity index (χ2n) is 4.67. The van der Waals surface area contributed by atoms with E-state index < -0.39 is 6.10 Å². The quantitative estimate of drug-likeness (QED) is 0.916. The number of carbonyl (C=O) groups is 1. The zero-order valence-electron chi connectivity index (χ0n) is 11.6. The lowest BCUT2D eigenvalue weighted by Crippen LogP contribution is -2.31. The summed E-state index contributed by atoms with van der Waals surface area (Å²) in [7, 11) is 3.02. The fourth-order valence-electron chi connectivity index (χ4n) is 2.18. The van der Waals surface area contributed by atoms with Gasteiger partial charge >= 0.3 is 0 Å². The molecular weight excluding hydrogens is 256 g/mol. The third-order valence-corrected chi connectivity index (χ3v) is 3.32. The van der Waals surface area contributed by atoms with Gasteiger partial charge < -0.3 is 14.6 Å². The van der Waals surface area contributed by atoms with Crippen molar-refractivity contribution in [3.8, 4) is 5.75 Å². The first-order valence-electron chi connectivity index (χ1n) is 6.44. The van der Waals surface area contributed by atoms with Crippen molar-refractivity contribution < 1.29 is 19.4 Å². The molecule has 1 N–H and O–H groups in total. The Morgan fingerprint density at radius 3 is 2.55 bits per heavy atom. The number of aromatic hydroxyl groups is 1. The van der Waals surface area contributed by atoms with Crippen molar-refractivity contribution in [1.29, 1.82) is 0 Å². The molecule has 2 rings (SSSR count). The predicted molar refractivity (Wildman–Crippen MR) is 76.1 cm³/mol. The summed E-state index contributed by atoms with van der Waals surface area (Å²) in [6.07, 6.45) is 5.93. The highest BCUT2D eigenvalue weighted by Crippen LogP contribution is 2.25. The normalized spacial score (nSPS) is 22.9. The summed E-state index contributed by atoms with van der Waals surface area (Å²) >= 11 is 0. The maximum absolute atomic E-state index is 11.9. The second kappa shape index (κ2) is 6.39. The number of benzene rings is 1. The Kier molecular flexibility index (Phi) is 4.58. The van der Waals surface area contributed by atoms with Crippen LogP contribution < -0.4 is 0 Å². The monoisotopic (exact) mass is 274 g/mol. The summed E-state index contributed by atoms with van der Waals surface area (Å²) in [6, 6.07) is 6.93. The van der Waals surface area contributed by atoms with Gasteiger partial charge in [0.15, 0.2) is 5.76 Å². The van der Waals surface area contributed by atoms with E-state index in [1.54, 1.807) is 12.1 Å². The number of ketones is 1. The van der Waals surface area contributed by atoms with E-state index >= 15 is 0 Å². The van der Waals surface area contributed by atoms with Crippen LogP contribution in [0.3, 0.4) is 0 Å². The average Bonchev–Trinajstić information content (AvgIpc) is 2.47. The van der Waals surface area contributed by atoms with Crippen molar-refractivity contribution in [2.24, 2.45) is 5.92 Å². The van der Waals surface area contributed by atoms with Crippen molar-refractivity contribution >= 4 is 11.9 Å². The number of hydrogen-bond acceptors (Lipinski definition) is 4. The van der Waals surface area contributed by atoms with Gasteiger partial charge in [-0.15, -0.1) is 0 Å². The van der Waals surface area contributed by atoms with E-state index in [1.165, 1.54) is 14.2 Å². The minimum Gasteiger partial charge on any atom is -0.508 e. The Balaban J connectivity index is 2.14. The molecule has 0 aromatic heterocycles. The molecule has 0 saturated heterocycles. The lowest BCUT2D eigenvalue weighted by molar-refractivity contribution is -0.129. The molecule has 1 aliphatic carbocycles. The van der Waals surface area contributed by atoms with Crippen LogP contribution in [0.2, 0.25) is 0 Å². The first-order chi connectivity index (χ1) is 9.63. The molecule has 20 heavy (non-hydrogen) atoms. The Labute approximate surface area is 118 Å². The van der Waals surface area contributed by atoms with Gasteiger partial charge in [-0.25, -0.2) is 0 Å². The zero-order valence-corrected chi connectivity index (χ0v) is 11.6. The van der Waals surface area contributed by atoms with Crippen molar-refractivity contribution in [2.45, 2.75) is 12.5 Å². The molecule has 0 fully saturated rings. The molecule has 0 bridgehead atoms. The molecular formula is C16H18O4. The molecule has 0 aliphatic heterocycles. The Hall–Kier alpha value is -2.07. The van der Waals surface area contributed by atoms with E-state index in [4.69, 9.17) is 9.47 Å². The molecule has 4 nitrogen and oxygen atoms in total. The molecule has 1 aromatic rings. The SMILES string of the molecule is COC1=CC(C=Cc2ccc(O)cc2)CC(OC)C1=O. The molecule has 0 amide bonds. The Bertz CT molecular complexity index is 528. The minimum atomic E-state index is -0.454. The number of methoxy groups -OCH3 is 2. The van der Waals surface area contributed by atoms with Crippen LogP contribution in [0.25, 0.3) is 6.08 Å². The molecule has 1 aliphatic rings. The van der Waals surface area contributed by atoms with E-state index in [0.29, 0.717) is 12.2 Å². The molecule has 1 aromatic carbocycles. The van der Waals surface area contributed by atoms with Crippen LogP contribution in [-0.4, -0.2) is 31.2 Å². The molecule has 0 radical (unpaired) electrons. The van der Waals surface area contributed by atoms with Crippen LogP contribution in [0.15, 0.2) is 42.2 Å². The number of carbonyl (C=O) groups excluding carboxylic acids is 1. The lowest BCUT2D eigenvalue weighted by atomic mass is 9.90. The molecule has 0 spiro atoms. The largest absolute Gasteiger partial charge is 0.508 e. The second-order valence-corrected chi connectivity index (χ2v) is 4.67. The van der Waals surface area contributed by atoms with Crippen LogP contribution in [0.4, 0.5) is 0 Å². The van der Waals surface area contributed by atoms with Crippen molar-refractivity contribution in [1.82, 2.24) is 0 Å². The molecule has 0 heterocycles. The smallest absolute Gasteiger partial charge is 0.225 e. The van der Waals surface area contributed by atoms with Gasteiger partial charge in [0.2, 0.25) is 5.78 Å². The van der Waals surface area contributed by atoms with Crippen LogP contribution in [0.5, 0.6) is 5.75 Å². The average molecular weight is 274 g/mol. The van der Waals surface area contributed by atoms with Gasteiger partial charge in [0, 0.05) is 13.0 Å². The molecule has 4 heteroatoms. The summed E-state index contributed by atoms with van der Waals surface area (Å²) < 4.78 is 10.3. The molecule has 106 valence electrons. The standard InChI is InChI=1S/C16H18O4/c1-19-14-9-12(10-15(20-2)16(14)18)4-3-11-5-7-13(17)8-6-11/h3-9,12,15,17H,10H2,1-2H3. The minimum absolute atomic E-state index is 0.0846. The summed E-state index contributed by atoms with van der Waals surface area (Å²) in [6.45, 7) is 0. The van der Waals surface area contributed by atoms with Gasteiger partial charge in [0.1, 0.15) is 11.9 Å². The Morgan fingerprint density at radius 2 is 1.95 bits per heavy atom. The summed E-state index contributed by atoms with van der Waals surface area (Å²) in [5.74, 6) is 0.570. The van der Waals surface area contributed by atoms with Crippen LogP contribution in [0.1, 0.15) is 12.0 Å². The number of phenolic OH excluding ortho intramolecular Hbond substituents is 1. The zero-order chi connectivity index (χ0) is 14.5. The highest BCUT2D eigenvalue weighted by Gasteiger charge is 2.30. The highest BCUT2D eigenvalue weighted by molar-refractivity contribution is 5.98. The number of rotatable bonds is 4. The van der Waals surface area contributed by atoms with Crippen molar-refractivity contribution in [3.63, 3.8) is 0 Å². The molecule has 2 unspecified atom stereocenters. The van der Waals surface area contributed by atoms with Crippen molar-refractivity contribution in [2.75, 3.05) is 14.2 Å². The van der Waals surface area contributed by atoms with Crippen LogP contribution in [-0.2, 0) is 14.3 Å². The van der Waals surface area contributed by atoms with Gasteiger partial charge in [-0.3, -0.25) is 4.79 Å². The summed E-state index contributed by atoms with van der Waals surface area (Å²) in [4.78, 5) is 11.9. The first-order valence-corrected chi connectivity index (χ1v) is 6.44. The molecule has 0 saturated carbocycles. The number of Topliss-reactive ketones (excluding diaryl/α,β-unsaturated/α-hetero) is 1. The topological polar surface area (TPSA) is 55.8 Å². The van der Waals surface area contributed by atoms with Gasteiger partial charge in [-0.2, -0.15) is 0 Å². The fourth-order valence-corrected chi connectivity index (χ4v) is 2.18. The van der Waals surface area contributed by atoms with E-state index in [-0.39, 0.29) is 17.5 Å². The number of ether oxygens (including phenoxy) is 2. The third-order valence-electron chi connectivity index (χ3n) is 3.32. The van der Waals surface area contributed by atoms with Crippen LogP contribution >= 0.6 is 0 Å². The number of hydrogen-bond donors (Lipinski definition) is 1. The van der Waals surface area contributed by atoms with Crippen molar-refractivity contribution in [3.05, 3.63) is 47.7 Å². The maximum atomic E-state index is 11.9. The summed E-state index contributed by atoms with van der Waals surface area (Å²) in [5, 5.41) is 9.23. The van der Waals surface area contributed by atoms with E-state index in [2.05, 4.69) is 0 Å². The van der Waals surface area contributed by atoms with E-state index in [9.17, 15) is 9.90 Å². The molecule has 2 atom stereocenters. The lowest BCUT2D eigenvalue weighted by Gasteiger charge is -2.23. The number of allylic oxidation sites excluding steroid dienone is 2. The summed E-state index contributed by atoms with van der Waals surface area (Å²) in [5.41, 5.74) is 0.987. The number of phenols is 1. The van der Waals surface area contributed by atoms with Gasteiger partial charge in [0.05, 0.1) is 7.11 Å².